The summed E-state index contributed by atoms with van der Waals surface area (Å²) in [5.41, 5.74) is 0.882. The van der Waals surface area contributed by atoms with E-state index in [1.807, 2.05) is 25.1 Å². The molecule has 0 N–H and O–H groups in total. The predicted molar refractivity (Wildman–Crippen MR) is 116 cm³/mol. The predicted octanol–water partition coefficient (Wildman–Crippen LogP) is 4.08. The first kappa shape index (κ1) is 19.9. The molecule has 0 saturated carbocycles. The SMILES string of the molecule is CCOc1c(I)cc(/C=C2\SC(=S)N(C[C@@H]3CCCO3)C2=O)cc1OC. The number of ether oxygens (including phenoxy) is 3. The van der Waals surface area contributed by atoms with Crippen molar-refractivity contribution >= 4 is 62.9 Å². The number of methoxy groups -OCH3 is 1. The Morgan fingerprint density at radius 1 is 1.50 bits per heavy atom. The first-order chi connectivity index (χ1) is 12.5. The number of halogens is 1. The van der Waals surface area contributed by atoms with E-state index in [0.29, 0.717) is 28.1 Å². The Balaban J connectivity index is 1.82. The van der Waals surface area contributed by atoms with Crippen LogP contribution in [0, 0.1) is 3.57 Å². The summed E-state index contributed by atoms with van der Waals surface area (Å²) in [7, 11) is 1.61. The zero-order valence-electron chi connectivity index (χ0n) is 14.6. The maximum atomic E-state index is 12.8. The van der Waals surface area contributed by atoms with Crippen LogP contribution in [-0.2, 0) is 9.53 Å². The molecule has 5 nitrogen and oxygen atoms in total. The molecule has 8 heteroatoms. The van der Waals surface area contributed by atoms with Gasteiger partial charge in [-0.2, -0.15) is 0 Å². The van der Waals surface area contributed by atoms with Crippen LogP contribution in [0.3, 0.4) is 0 Å². The molecule has 140 valence electrons. The van der Waals surface area contributed by atoms with E-state index in [0.717, 1.165) is 34.3 Å². The molecule has 2 aliphatic heterocycles. The monoisotopic (exact) mass is 505 g/mol. The Morgan fingerprint density at radius 2 is 2.31 bits per heavy atom. The molecule has 0 aliphatic carbocycles. The molecule has 0 radical (unpaired) electrons. The van der Waals surface area contributed by atoms with Crippen molar-refractivity contribution < 1.29 is 19.0 Å². The van der Waals surface area contributed by atoms with E-state index in [4.69, 9.17) is 26.4 Å². The molecule has 0 aromatic heterocycles. The molecule has 0 spiro atoms. The molecule has 1 amide bonds. The van der Waals surface area contributed by atoms with Gasteiger partial charge in [0.05, 0.1) is 34.8 Å². The highest BCUT2D eigenvalue weighted by Gasteiger charge is 2.34. The van der Waals surface area contributed by atoms with Crippen LogP contribution in [0.4, 0.5) is 0 Å². The zero-order chi connectivity index (χ0) is 18.7. The van der Waals surface area contributed by atoms with Crippen LogP contribution in [-0.4, -0.2) is 48.1 Å². The second kappa shape index (κ2) is 8.90. The van der Waals surface area contributed by atoms with Crippen molar-refractivity contribution in [1.82, 2.24) is 4.90 Å². The number of hydrogen-bond acceptors (Lipinski definition) is 6. The van der Waals surface area contributed by atoms with Crippen LogP contribution < -0.4 is 9.47 Å². The van der Waals surface area contributed by atoms with E-state index in [1.54, 1.807) is 12.0 Å². The molecule has 3 rings (SSSR count). The van der Waals surface area contributed by atoms with Gasteiger partial charge in [0.15, 0.2) is 11.5 Å². The summed E-state index contributed by atoms with van der Waals surface area (Å²) in [6.07, 6.45) is 3.96. The fourth-order valence-corrected chi connectivity index (χ4v) is 4.96. The summed E-state index contributed by atoms with van der Waals surface area (Å²) in [5, 5.41) is 0. The average Bonchev–Trinajstić information content (AvgIpc) is 3.21. The molecule has 1 aromatic carbocycles. The van der Waals surface area contributed by atoms with Crippen molar-refractivity contribution in [3.8, 4) is 11.5 Å². The third kappa shape index (κ3) is 4.35. The van der Waals surface area contributed by atoms with Crippen LogP contribution >= 0.6 is 46.6 Å². The van der Waals surface area contributed by atoms with Crippen LogP contribution in [0.5, 0.6) is 11.5 Å². The Bertz CT molecular complexity index is 747. The number of thiocarbonyl (C=S) groups is 1. The van der Waals surface area contributed by atoms with Gasteiger partial charge in [-0.25, -0.2) is 0 Å². The van der Waals surface area contributed by atoms with E-state index >= 15 is 0 Å². The molecule has 0 unspecified atom stereocenters. The summed E-state index contributed by atoms with van der Waals surface area (Å²) in [5.74, 6) is 1.32. The van der Waals surface area contributed by atoms with Gasteiger partial charge >= 0.3 is 0 Å². The lowest BCUT2D eigenvalue weighted by Crippen LogP contribution is -2.35. The van der Waals surface area contributed by atoms with Crippen LogP contribution in [0.15, 0.2) is 17.0 Å². The third-order valence-corrected chi connectivity index (χ3v) is 6.30. The van der Waals surface area contributed by atoms with E-state index in [2.05, 4.69) is 22.6 Å². The number of carbonyl (C=O) groups excluding carboxylic acids is 1. The summed E-state index contributed by atoms with van der Waals surface area (Å²) in [6, 6.07) is 3.85. The molecule has 2 aliphatic rings. The highest BCUT2D eigenvalue weighted by Crippen LogP contribution is 2.37. The maximum Gasteiger partial charge on any atom is 0.266 e. The van der Waals surface area contributed by atoms with Crippen LogP contribution in [0.1, 0.15) is 25.3 Å². The summed E-state index contributed by atoms with van der Waals surface area (Å²) >= 11 is 8.95. The second-order valence-corrected chi connectivity index (χ2v) is 8.73. The highest BCUT2D eigenvalue weighted by atomic mass is 127. The van der Waals surface area contributed by atoms with Gasteiger partial charge in [-0.1, -0.05) is 24.0 Å². The fraction of sp³-hybridized carbons (Fsp3) is 0.444. The number of amides is 1. The molecule has 0 bridgehead atoms. The Hall–Kier alpha value is -0.840. The van der Waals surface area contributed by atoms with E-state index in [1.165, 1.54) is 11.8 Å². The Labute approximate surface area is 176 Å². The van der Waals surface area contributed by atoms with Crippen molar-refractivity contribution in [2.24, 2.45) is 0 Å². The lowest BCUT2D eigenvalue weighted by atomic mass is 10.1. The molecular formula is C18H20INO4S2. The highest BCUT2D eigenvalue weighted by molar-refractivity contribution is 14.1. The van der Waals surface area contributed by atoms with Gasteiger partial charge in [0.25, 0.3) is 5.91 Å². The standard InChI is InChI=1S/C18H20INO4S2/c1-3-23-16-13(19)7-11(8-14(16)22-2)9-15-17(21)20(18(25)26-15)10-12-5-4-6-24-12/h7-9,12H,3-6,10H2,1-2H3/b15-9-/t12-/m0/s1. The van der Waals surface area contributed by atoms with Crippen LogP contribution in [0.25, 0.3) is 6.08 Å². The van der Waals surface area contributed by atoms with Gasteiger partial charge in [0, 0.05) is 6.61 Å². The minimum absolute atomic E-state index is 0.0571. The van der Waals surface area contributed by atoms with Crippen molar-refractivity contribution in [3.63, 3.8) is 0 Å². The second-order valence-electron chi connectivity index (χ2n) is 5.89. The van der Waals surface area contributed by atoms with Crippen molar-refractivity contribution in [3.05, 3.63) is 26.2 Å². The zero-order valence-corrected chi connectivity index (χ0v) is 18.4. The van der Waals surface area contributed by atoms with Gasteiger partial charge in [-0.15, -0.1) is 0 Å². The van der Waals surface area contributed by atoms with Gasteiger partial charge in [-0.3, -0.25) is 9.69 Å². The lowest BCUT2D eigenvalue weighted by molar-refractivity contribution is -0.123. The molecule has 1 aromatic rings. The molecule has 2 heterocycles. The number of thioether (sulfide) groups is 1. The summed E-state index contributed by atoms with van der Waals surface area (Å²) < 4.78 is 18.2. The smallest absolute Gasteiger partial charge is 0.266 e. The molecular weight excluding hydrogens is 485 g/mol. The summed E-state index contributed by atoms with van der Waals surface area (Å²) in [4.78, 5) is 15.0. The number of benzene rings is 1. The fourth-order valence-electron chi connectivity index (χ4n) is 2.91. The lowest BCUT2D eigenvalue weighted by Gasteiger charge is -2.18. The van der Waals surface area contributed by atoms with Crippen molar-refractivity contribution in [2.75, 3.05) is 26.9 Å². The third-order valence-electron chi connectivity index (χ3n) is 4.12. The van der Waals surface area contributed by atoms with Gasteiger partial charge < -0.3 is 14.2 Å². The number of nitrogens with zero attached hydrogens (tertiary/aromatic N) is 1. The van der Waals surface area contributed by atoms with Crippen molar-refractivity contribution in [2.45, 2.75) is 25.9 Å². The van der Waals surface area contributed by atoms with Crippen molar-refractivity contribution in [1.29, 1.82) is 0 Å². The van der Waals surface area contributed by atoms with Gasteiger partial charge in [0.2, 0.25) is 0 Å². The van der Waals surface area contributed by atoms with E-state index in [-0.39, 0.29) is 12.0 Å². The Kier molecular flexibility index (Phi) is 6.81. The summed E-state index contributed by atoms with van der Waals surface area (Å²) in [6.45, 7) is 3.79. The first-order valence-corrected chi connectivity index (χ1v) is 10.7. The maximum absolute atomic E-state index is 12.8. The molecule has 2 saturated heterocycles. The Morgan fingerprint density at radius 3 is 2.96 bits per heavy atom. The number of carbonyl (C=O) groups is 1. The first-order valence-electron chi connectivity index (χ1n) is 8.40. The quantitative estimate of drug-likeness (QED) is 0.330. The normalized spacial score (nSPS) is 21.7. The average molecular weight is 505 g/mol. The minimum atomic E-state index is -0.0571. The van der Waals surface area contributed by atoms with E-state index < -0.39 is 0 Å². The number of hydrogen-bond donors (Lipinski definition) is 0. The number of rotatable bonds is 6. The molecule has 2 fully saturated rings. The van der Waals surface area contributed by atoms with Crippen LogP contribution in [0.2, 0.25) is 0 Å². The minimum Gasteiger partial charge on any atom is -0.493 e. The van der Waals surface area contributed by atoms with E-state index in [9.17, 15) is 4.79 Å². The largest absolute Gasteiger partial charge is 0.493 e. The van der Waals surface area contributed by atoms with Gasteiger partial charge in [0.1, 0.15) is 4.32 Å². The van der Waals surface area contributed by atoms with Gasteiger partial charge in [-0.05, 0) is 66.1 Å². The molecule has 1 atom stereocenters. The topological polar surface area (TPSA) is 48.0 Å². The molecule has 26 heavy (non-hydrogen) atoms.